The molecule has 2 aromatic carbocycles. The van der Waals surface area contributed by atoms with Crippen LogP contribution in [0.5, 0.6) is 0 Å². The Hall–Kier alpha value is -3.52. The lowest BCUT2D eigenvalue weighted by atomic mass is 10.0. The van der Waals surface area contributed by atoms with Crippen LogP contribution in [0.25, 0.3) is 10.9 Å². The smallest absolute Gasteiger partial charge is 0.250 e. The summed E-state index contributed by atoms with van der Waals surface area (Å²) in [6.07, 6.45) is 2.61. The molecule has 1 fully saturated rings. The standard InChI is InChI=1S/C21H22N6O2/c22-19(28)14-7-5-13(6-8-14)17(11-27-9-2-10-27)26-21-16-4-1-3-15(20(23)29)18(16)24-12-25-21/h1,3-8,12,17H,2,9-11H2,(H2,22,28)(H2,23,29)(H,24,25,26). The van der Waals surface area contributed by atoms with Crippen molar-refractivity contribution < 1.29 is 9.59 Å². The van der Waals surface area contributed by atoms with Crippen LogP contribution in [-0.2, 0) is 0 Å². The number of nitrogens with zero attached hydrogens (tertiary/aromatic N) is 3. The fourth-order valence-electron chi connectivity index (χ4n) is 3.50. The van der Waals surface area contributed by atoms with Gasteiger partial charge in [0.2, 0.25) is 5.91 Å². The molecule has 2 amide bonds. The number of nitrogens with two attached hydrogens (primary N) is 2. The Morgan fingerprint density at radius 2 is 1.79 bits per heavy atom. The molecule has 29 heavy (non-hydrogen) atoms. The number of amides is 2. The minimum atomic E-state index is -0.528. The van der Waals surface area contributed by atoms with Gasteiger partial charge in [0.25, 0.3) is 5.91 Å². The zero-order valence-electron chi connectivity index (χ0n) is 15.8. The van der Waals surface area contributed by atoms with Crippen LogP contribution in [0.4, 0.5) is 5.82 Å². The maximum atomic E-state index is 11.7. The van der Waals surface area contributed by atoms with Crippen molar-refractivity contribution >= 4 is 28.5 Å². The fourth-order valence-corrected chi connectivity index (χ4v) is 3.50. The van der Waals surface area contributed by atoms with E-state index in [4.69, 9.17) is 11.5 Å². The molecule has 3 aromatic rings. The summed E-state index contributed by atoms with van der Waals surface area (Å²) in [6, 6.07) is 12.5. The van der Waals surface area contributed by atoms with Crippen molar-refractivity contribution in [2.24, 2.45) is 11.5 Å². The summed E-state index contributed by atoms with van der Waals surface area (Å²) in [5.74, 6) is -0.355. The average Bonchev–Trinajstić information content (AvgIpc) is 2.69. The summed E-state index contributed by atoms with van der Waals surface area (Å²) in [7, 11) is 0. The molecule has 2 heterocycles. The molecular weight excluding hydrogens is 368 g/mol. The van der Waals surface area contributed by atoms with Gasteiger partial charge < -0.3 is 21.7 Å². The van der Waals surface area contributed by atoms with Crippen LogP contribution in [-0.4, -0.2) is 46.3 Å². The van der Waals surface area contributed by atoms with Crippen LogP contribution >= 0.6 is 0 Å². The largest absolute Gasteiger partial charge is 0.366 e. The summed E-state index contributed by atoms with van der Waals surface area (Å²) < 4.78 is 0. The minimum Gasteiger partial charge on any atom is -0.366 e. The number of carbonyl (C=O) groups excluding carboxylic acids is 2. The predicted octanol–water partition coefficient (Wildman–Crippen LogP) is 1.69. The molecule has 4 rings (SSSR count). The second-order valence-corrected chi connectivity index (χ2v) is 7.13. The molecule has 0 aliphatic carbocycles. The van der Waals surface area contributed by atoms with Crippen LogP contribution in [0.2, 0.25) is 0 Å². The summed E-state index contributed by atoms with van der Waals surface area (Å²) in [6.45, 7) is 2.89. The number of nitrogens with one attached hydrogen (secondary N) is 1. The van der Waals surface area contributed by atoms with Crippen LogP contribution in [0.15, 0.2) is 48.8 Å². The number of benzene rings is 2. The van der Waals surface area contributed by atoms with Crippen molar-refractivity contribution in [2.75, 3.05) is 25.0 Å². The molecule has 1 unspecified atom stereocenters. The van der Waals surface area contributed by atoms with Gasteiger partial charge >= 0.3 is 0 Å². The van der Waals surface area contributed by atoms with Crippen molar-refractivity contribution in [3.05, 3.63) is 65.5 Å². The zero-order valence-corrected chi connectivity index (χ0v) is 15.8. The Morgan fingerprint density at radius 3 is 2.41 bits per heavy atom. The number of hydrogen-bond acceptors (Lipinski definition) is 6. The predicted molar refractivity (Wildman–Crippen MR) is 110 cm³/mol. The number of aromatic nitrogens is 2. The average molecular weight is 390 g/mol. The van der Waals surface area contributed by atoms with Crippen molar-refractivity contribution in [3.8, 4) is 0 Å². The highest BCUT2D eigenvalue weighted by molar-refractivity contribution is 6.06. The first kappa shape index (κ1) is 18.8. The van der Waals surface area contributed by atoms with Gasteiger partial charge in [0.15, 0.2) is 0 Å². The molecular formula is C21H22N6O2. The molecule has 148 valence electrons. The molecule has 0 bridgehead atoms. The third-order valence-corrected chi connectivity index (χ3v) is 5.23. The Balaban J connectivity index is 1.70. The molecule has 5 N–H and O–H groups in total. The SMILES string of the molecule is NC(=O)c1ccc(C(CN2CCC2)Nc2ncnc3c(C(N)=O)cccc23)cc1. The summed E-state index contributed by atoms with van der Waals surface area (Å²) in [5, 5.41) is 4.22. The first-order chi connectivity index (χ1) is 14.0. The lowest BCUT2D eigenvalue weighted by Gasteiger charge is -2.35. The second kappa shape index (κ2) is 7.84. The molecule has 8 heteroatoms. The quantitative estimate of drug-likeness (QED) is 0.563. The Kier molecular flexibility index (Phi) is 5.09. The van der Waals surface area contributed by atoms with E-state index in [1.54, 1.807) is 24.3 Å². The lowest BCUT2D eigenvalue weighted by Crippen LogP contribution is -2.41. The van der Waals surface area contributed by atoms with Crippen molar-refractivity contribution in [2.45, 2.75) is 12.5 Å². The summed E-state index contributed by atoms with van der Waals surface area (Å²) in [4.78, 5) is 34.1. The number of likely N-dealkylation sites (tertiary alicyclic amines) is 1. The highest BCUT2D eigenvalue weighted by Gasteiger charge is 2.22. The topological polar surface area (TPSA) is 127 Å². The number of fused-ring (bicyclic) bond motifs is 1. The van der Waals surface area contributed by atoms with E-state index in [2.05, 4.69) is 20.2 Å². The van der Waals surface area contributed by atoms with Gasteiger partial charge in [-0.15, -0.1) is 0 Å². The molecule has 0 saturated carbocycles. The summed E-state index contributed by atoms with van der Waals surface area (Å²) in [5.41, 5.74) is 13.2. The van der Waals surface area contributed by atoms with Crippen molar-refractivity contribution in [3.63, 3.8) is 0 Å². The maximum Gasteiger partial charge on any atom is 0.250 e. The van der Waals surface area contributed by atoms with E-state index in [-0.39, 0.29) is 6.04 Å². The van der Waals surface area contributed by atoms with Gasteiger partial charge in [0, 0.05) is 17.5 Å². The van der Waals surface area contributed by atoms with Crippen LogP contribution in [0, 0.1) is 0 Å². The van der Waals surface area contributed by atoms with Gasteiger partial charge in [-0.05, 0) is 49.3 Å². The Bertz CT molecular complexity index is 1060. The Labute approximate surface area is 167 Å². The molecule has 1 aliphatic heterocycles. The van der Waals surface area contributed by atoms with Gasteiger partial charge in [-0.1, -0.05) is 18.2 Å². The lowest BCUT2D eigenvalue weighted by molar-refractivity contribution is 0.0992. The van der Waals surface area contributed by atoms with Gasteiger partial charge in [-0.3, -0.25) is 9.59 Å². The van der Waals surface area contributed by atoms with E-state index in [0.29, 0.717) is 22.5 Å². The van der Waals surface area contributed by atoms with E-state index in [0.717, 1.165) is 30.6 Å². The number of hydrogen-bond donors (Lipinski definition) is 3. The van der Waals surface area contributed by atoms with Crippen LogP contribution in [0.3, 0.4) is 0 Å². The number of para-hydroxylation sites is 1. The zero-order chi connectivity index (χ0) is 20.4. The summed E-state index contributed by atoms with van der Waals surface area (Å²) >= 11 is 0. The van der Waals surface area contributed by atoms with E-state index >= 15 is 0 Å². The molecule has 0 radical (unpaired) electrons. The van der Waals surface area contributed by atoms with Gasteiger partial charge in [0.05, 0.1) is 17.1 Å². The van der Waals surface area contributed by atoms with Crippen molar-refractivity contribution in [1.29, 1.82) is 0 Å². The van der Waals surface area contributed by atoms with Gasteiger partial charge in [-0.2, -0.15) is 0 Å². The van der Waals surface area contributed by atoms with Crippen LogP contribution in [0.1, 0.15) is 38.7 Å². The molecule has 1 aliphatic rings. The first-order valence-corrected chi connectivity index (χ1v) is 9.45. The number of anilines is 1. The Morgan fingerprint density at radius 1 is 1.03 bits per heavy atom. The van der Waals surface area contributed by atoms with Gasteiger partial charge in [0.1, 0.15) is 12.1 Å². The maximum absolute atomic E-state index is 11.7. The molecule has 1 atom stereocenters. The third-order valence-electron chi connectivity index (χ3n) is 5.23. The van der Waals surface area contributed by atoms with Gasteiger partial charge in [-0.25, -0.2) is 9.97 Å². The number of rotatable bonds is 7. The van der Waals surface area contributed by atoms with E-state index in [1.807, 2.05) is 18.2 Å². The molecule has 1 aromatic heterocycles. The monoisotopic (exact) mass is 390 g/mol. The molecule has 0 spiro atoms. The molecule has 1 saturated heterocycles. The number of carbonyl (C=O) groups is 2. The highest BCUT2D eigenvalue weighted by Crippen LogP contribution is 2.27. The first-order valence-electron chi connectivity index (χ1n) is 9.45. The van der Waals surface area contributed by atoms with E-state index in [9.17, 15) is 9.59 Å². The minimum absolute atomic E-state index is 0.0624. The number of primary amides is 2. The second-order valence-electron chi connectivity index (χ2n) is 7.13. The molecule has 8 nitrogen and oxygen atoms in total. The normalized spacial score (nSPS) is 14.9. The van der Waals surface area contributed by atoms with Crippen LogP contribution < -0.4 is 16.8 Å². The highest BCUT2D eigenvalue weighted by atomic mass is 16.1. The van der Waals surface area contributed by atoms with E-state index in [1.165, 1.54) is 12.7 Å². The van der Waals surface area contributed by atoms with Crippen molar-refractivity contribution in [1.82, 2.24) is 14.9 Å². The third kappa shape index (κ3) is 3.88. The van der Waals surface area contributed by atoms with E-state index < -0.39 is 11.8 Å². The fraction of sp³-hybridized carbons (Fsp3) is 0.238.